The molecule has 5 rings (SSSR count). The number of halogens is 2. The summed E-state index contributed by atoms with van der Waals surface area (Å²) in [5, 5.41) is 12.3. The van der Waals surface area contributed by atoms with Gasteiger partial charge in [-0.25, -0.2) is 8.78 Å². The van der Waals surface area contributed by atoms with Crippen LogP contribution in [0.15, 0.2) is 23.3 Å². The first kappa shape index (κ1) is 30.1. The van der Waals surface area contributed by atoms with E-state index >= 15 is 0 Å². The number of carbonyl (C=O) groups excluding carboxylic acids is 3. The summed E-state index contributed by atoms with van der Waals surface area (Å²) in [7, 11) is 0. The van der Waals surface area contributed by atoms with Gasteiger partial charge in [0, 0.05) is 23.2 Å². The molecule has 0 saturated heterocycles. The zero-order valence-corrected chi connectivity index (χ0v) is 25.8. The molecule has 224 valence electrons. The second-order valence-corrected chi connectivity index (χ2v) is 16.0. The number of Topliss-reactive ketones (excluding diaryl/α,β-unsaturated/α-hetero) is 1. The van der Waals surface area contributed by atoms with Gasteiger partial charge in [0.15, 0.2) is 11.6 Å². The minimum Gasteiger partial charge on any atom is -0.350 e. The van der Waals surface area contributed by atoms with Crippen molar-refractivity contribution in [3.8, 4) is 6.07 Å². The molecule has 3 saturated carbocycles. The first-order valence-electron chi connectivity index (χ1n) is 15.4. The number of hydrogen-bond donors (Lipinski definition) is 1. The van der Waals surface area contributed by atoms with E-state index in [0.29, 0.717) is 0 Å². The van der Waals surface area contributed by atoms with Crippen molar-refractivity contribution in [3.05, 3.63) is 23.3 Å². The summed E-state index contributed by atoms with van der Waals surface area (Å²) in [5.74, 6) is -0.685. The Morgan fingerprint density at radius 2 is 1.71 bits per heavy atom. The molecule has 0 unspecified atom stereocenters. The topological polar surface area (TPSA) is 87.0 Å². The molecular formula is C34H46F2N2O3. The van der Waals surface area contributed by atoms with Gasteiger partial charge < -0.3 is 5.32 Å². The number of carbonyl (C=O) groups is 3. The molecule has 7 heteroatoms. The zero-order chi connectivity index (χ0) is 30.4. The average Bonchev–Trinajstić information content (AvgIpc) is 2.87. The van der Waals surface area contributed by atoms with Crippen molar-refractivity contribution >= 4 is 17.5 Å². The molecule has 3 fully saturated rings. The largest absolute Gasteiger partial charge is 0.350 e. The van der Waals surface area contributed by atoms with Gasteiger partial charge in [-0.05, 0) is 84.5 Å². The van der Waals surface area contributed by atoms with E-state index in [9.17, 15) is 28.4 Å². The van der Waals surface area contributed by atoms with Crippen LogP contribution in [0, 0.1) is 61.6 Å². The number of ketones is 2. The molecule has 0 radical (unpaired) electrons. The molecule has 0 bridgehead atoms. The van der Waals surface area contributed by atoms with Gasteiger partial charge in [-0.2, -0.15) is 5.26 Å². The minimum absolute atomic E-state index is 0.0123. The minimum atomic E-state index is -2.59. The third kappa shape index (κ3) is 4.20. The number of nitriles is 1. The Bertz CT molecular complexity index is 1290. The molecule has 0 aliphatic heterocycles. The Hall–Kier alpha value is -2.36. The Morgan fingerprint density at radius 3 is 2.34 bits per heavy atom. The van der Waals surface area contributed by atoms with E-state index in [2.05, 4.69) is 46.0 Å². The first-order chi connectivity index (χ1) is 18.9. The molecule has 7 atom stereocenters. The average molecular weight is 569 g/mol. The molecule has 5 aliphatic carbocycles. The number of nitrogens with zero attached hydrogens (tertiary/aromatic N) is 1. The van der Waals surface area contributed by atoms with Crippen LogP contribution in [-0.4, -0.2) is 30.4 Å². The van der Waals surface area contributed by atoms with Crippen LogP contribution in [0.4, 0.5) is 8.78 Å². The van der Waals surface area contributed by atoms with Gasteiger partial charge in [-0.1, -0.05) is 60.1 Å². The SMILES string of the molecule is CC1(C)CC[C@]2(CC(=O)NCC(F)F)CC[C@]3(C)[C@H](C(=O)C=C4[C@@]5(C)C=C(C#N)C(=O)C(C)(C)[C@@H]5CC[C@]43C)[C@H]2C1. The van der Waals surface area contributed by atoms with E-state index in [1.807, 2.05) is 26.0 Å². The quantitative estimate of drug-likeness (QED) is 0.397. The predicted octanol–water partition coefficient (Wildman–Crippen LogP) is 6.98. The van der Waals surface area contributed by atoms with Gasteiger partial charge >= 0.3 is 0 Å². The molecule has 5 nitrogen and oxygen atoms in total. The van der Waals surface area contributed by atoms with Crippen LogP contribution in [0.1, 0.15) is 99.8 Å². The number of fused-ring (bicyclic) bond motifs is 7. The molecule has 0 aromatic rings. The van der Waals surface area contributed by atoms with Crippen LogP contribution in [0.5, 0.6) is 0 Å². The molecule has 41 heavy (non-hydrogen) atoms. The number of hydrogen-bond acceptors (Lipinski definition) is 4. The fourth-order valence-corrected chi connectivity index (χ4v) is 10.6. The normalized spacial score (nSPS) is 42.5. The van der Waals surface area contributed by atoms with Gasteiger partial charge in [0.05, 0.1) is 12.1 Å². The highest BCUT2D eigenvalue weighted by molar-refractivity contribution is 6.04. The van der Waals surface area contributed by atoms with Gasteiger partial charge in [-0.15, -0.1) is 0 Å². The summed E-state index contributed by atoms with van der Waals surface area (Å²) < 4.78 is 25.8. The van der Waals surface area contributed by atoms with E-state index in [1.54, 1.807) is 0 Å². The van der Waals surface area contributed by atoms with Crippen LogP contribution < -0.4 is 5.32 Å². The number of allylic oxidation sites excluding steroid dienone is 4. The fraction of sp³-hybridized carbons (Fsp3) is 0.765. The lowest BCUT2D eigenvalue weighted by molar-refractivity contribution is -0.174. The Balaban J connectivity index is 1.61. The van der Waals surface area contributed by atoms with Gasteiger partial charge in [0.2, 0.25) is 5.91 Å². The summed E-state index contributed by atoms with van der Waals surface area (Å²) in [6, 6.07) is 2.15. The number of nitrogens with one attached hydrogen (secondary N) is 1. The lowest BCUT2D eigenvalue weighted by atomic mass is 9.34. The maximum Gasteiger partial charge on any atom is 0.255 e. The van der Waals surface area contributed by atoms with Crippen molar-refractivity contribution < 1.29 is 23.2 Å². The maximum atomic E-state index is 14.5. The Labute approximate surface area is 243 Å². The lowest BCUT2D eigenvalue weighted by Crippen LogP contribution is -2.65. The number of rotatable bonds is 4. The van der Waals surface area contributed by atoms with Crippen LogP contribution in [0.25, 0.3) is 0 Å². The van der Waals surface area contributed by atoms with Crippen molar-refractivity contribution in [1.82, 2.24) is 5.32 Å². The number of alkyl halides is 2. The summed E-state index contributed by atoms with van der Waals surface area (Å²) in [6.45, 7) is 14.4. The van der Waals surface area contributed by atoms with Gasteiger partial charge in [0.1, 0.15) is 6.07 Å². The molecule has 5 aliphatic rings. The third-order valence-corrected chi connectivity index (χ3v) is 13.0. The monoisotopic (exact) mass is 568 g/mol. The zero-order valence-electron chi connectivity index (χ0n) is 25.8. The summed E-state index contributed by atoms with van der Waals surface area (Å²) in [6.07, 6.45) is 7.10. The summed E-state index contributed by atoms with van der Waals surface area (Å²) in [5.41, 5.74) is -1.13. The van der Waals surface area contributed by atoms with E-state index in [-0.39, 0.29) is 63.5 Å². The van der Waals surface area contributed by atoms with Crippen molar-refractivity contribution in [1.29, 1.82) is 5.26 Å². The molecular weight excluding hydrogens is 522 g/mol. The molecule has 0 aromatic carbocycles. The highest BCUT2D eigenvalue weighted by Gasteiger charge is 2.69. The third-order valence-electron chi connectivity index (χ3n) is 13.0. The van der Waals surface area contributed by atoms with Crippen LogP contribution in [0.2, 0.25) is 0 Å². The van der Waals surface area contributed by atoms with Crippen molar-refractivity contribution in [2.24, 2.45) is 50.2 Å². The molecule has 0 heterocycles. The van der Waals surface area contributed by atoms with Crippen molar-refractivity contribution in [2.45, 2.75) is 106 Å². The first-order valence-corrected chi connectivity index (χ1v) is 15.4. The maximum absolute atomic E-state index is 14.5. The predicted molar refractivity (Wildman–Crippen MR) is 153 cm³/mol. The molecule has 1 N–H and O–H groups in total. The van der Waals surface area contributed by atoms with Crippen molar-refractivity contribution in [3.63, 3.8) is 0 Å². The second kappa shape index (κ2) is 9.32. The van der Waals surface area contributed by atoms with Crippen LogP contribution >= 0.6 is 0 Å². The van der Waals surface area contributed by atoms with E-state index in [4.69, 9.17) is 0 Å². The fourth-order valence-electron chi connectivity index (χ4n) is 10.6. The smallest absolute Gasteiger partial charge is 0.255 e. The second-order valence-electron chi connectivity index (χ2n) is 16.0. The van der Waals surface area contributed by atoms with Crippen molar-refractivity contribution in [2.75, 3.05) is 6.54 Å². The van der Waals surface area contributed by atoms with Gasteiger partial charge in [-0.3, -0.25) is 14.4 Å². The Kier molecular flexibility index (Phi) is 6.84. The number of amides is 1. The summed E-state index contributed by atoms with van der Waals surface area (Å²) in [4.78, 5) is 40.7. The molecule has 1 amide bonds. The van der Waals surface area contributed by atoms with Crippen LogP contribution in [0.3, 0.4) is 0 Å². The van der Waals surface area contributed by atoms with E-state index < -0.39 is 29.2 Å². The van der Waals surface area contributed by atoms with Gasteiger partial charge in [0.25, 0.3) is 6.43 Å². The standard InChI is InChI=1S/C34H46F2N2O3/c1-29(2)10-12-34(17-26(40)38-19-25(35)36)13-11-33(7)27(21(34)16-29)22(39)14-24-31(5)15-20(18-37)28(41)30(3,4)23(31)8-9-32(24,33)6/h14-15,21,23,25,27H,8-13,16-17,19H2,1-7H3,(H,38,40)/t21-,23+,27+,31+,32-,33-,34-/m1/s1. The highest BCUT2D eigenvalue weighted by atomic mass is 19.3. The molecule has 0 aromatic heterocycles. The highest BCUT2D eigenvalue weighted by Crippen LogP contribution is 2.74. The molecule has 0 spiro atoms. The Morgan fingerprint density at radius 1 is 1.05 bits per heavy atom. The summed E-state index contributed by atoms with van der Waals surface area (Å²) >= 11 is 0. The van der Waals surface area contributed by atoms with E-state index in [1.165, 1.54) is 0 Å². The van der Waals surface area contributed by atoms with Crippen LogP contribution in [-0.2, 0) is 14.4 Å². The lowest BCUT2D eigenvalue weighted by Gasteiger charge is -2.69. The van der Waals surface area contributed by atoms with E-state index in [0.717, 1.165) is 50.5 Å².